The minimum atomic E-state index is 0.250. The second kappa shape index (κ2) is 4.73. The van der Waals surface area contributed by atoms with Crippen molar-refractivity contribution in [3.8, 4) is 0 Å². The average molecular weight is 157 g/mol. The minimum absolute atomic E-state index is 0.250. The number of ether oxygens (including phenoxy) is 1. The summed E-state index contributed by atoms with van der Waals surface area (Å²) in [7, 11) is 0. The molecule has 1 rings (SSSR count). The summed E-state index contributed by atoms with van der Waals surface area (Å²) in [6, 6.07) is 0. The average Bonchev–Trinajstić information content (AvgIpc) is 2.81. The van der Waals surface area contributed by atoms with Crippen molar-refractivity contribution in [3.05, 3.63) is 5.92 Å². The van der Waals surface area contributed by atoms with E-state index in [4.69, 9.17) is 9.84 Å². The number of aliphatic hydroxyl groups excluding tert-OH is 1. The van der Waals surface area contributed by atoms with E-state index in [-0.39, 0.29) is 6.61 Å². The summed E-state index contributed by atoms with van der Waals surface area (Å²) < 4.78 is 5.09. The lowest BCUT2D eigenvalue weighted by Crippen LogP contribution is -2.06. The molecule has 0 amide bonds. The second-order valence-corrected chi connectivity index (χ2v) is 3.17. The molecule has 1 aliphatic rings. The van der Waals surface area contributed by atoms with Gasteiger partial charge in [0.1, 0.15) is 0 Å². The van der Waals surface area contributed by atoms with Gasteiger partial charge in [-0.05, 0) is 12.8 Å². The zero-order chi connectivity index (χ0) is 8.10. The molecule has 0 aromatic heterocycles. The van der Waals surface area contributed by atoms with E-state index in [1.165, 1.54) is 18.8 Å². The first-order valence-electron chi connectivity index (χ1n) is 4.42. The molecule has 1 atom stereocenters. The Balaban J connectivity index is 2.02. The van der Waals surface area contributed by atoms with Gasteiger partial charge in [-0.1, -0.05) is 19.8 Å². The Kier molecular flexibility index (Phi) is 3.87. The third-order valence-corrected chi connectivity index (χ3v) is 2.03. The van der Waals surface area contributed by atoms with Gasteiger partial charge in [0.05, 0.1) is 12.7 Å². The molecule has 1 fully saturated rings. The van der Waals surface area contributed by atoms with Crippen LogP contribution in [0.15, 0.2) is 0 Å². The van der Waals surface area contributed by atoms with E-state index in [1.807, 2.05) is 0 Å². The highest BCUT2D eigenvalue weighted by atomic mass is 16.6. The predicted octanol–water partition coefficient (Wildman–Crippen LogP) is 1.53. The number of aliphatic hydroxyl groups is 1. The molecule has 1 aliphatic heterocycles. The Hall–Kier alpha value is -0.0800. The number of epoxide rings is 1. The smallest absolute Gasteiger partial charge is 0.0816 e. The Morgan fingerprint density at radius 2 is 2.36 bits per heavy atom. The van der Waals surface area contributed by atoms with E-state index < -0.39 is 0 Å². The van der Waals surface area contributed by atoms with Crippen molar-refractivity contribution >= 4 is 0 Å². The Labute approximate surface area is 68.6 Å². The molecular formula is C9H17O2. The lowest BCUT2D eigenvalue weighted by atomic mass is 9.98. The summed E-state index contributed by atoms with van der Waals surface area (Å²) in [5.74, 6) is 1.26. The van der Waals surface area contributed by atoms with Gasteiger partial charge < -0.3 is 9.84 Å². The summed E-state index contributed by atoms with van der Waals surface area (Å²) in [5, 5.41) is 8.94. The fraction of sp³-hybridized carbons (Fsp3) is 0.889. The largest absolute Gasteiger partial charge is 0.396 e. The maximum Gasteiger partial charge on any atom is 0.0816 e. The quantitative estimate of drug-likeness (QED) is 0.593. The topological polar surface area (TPSA) is 32.8 Å². The van der Waals surface area contributed by atoms with Crippen LogP contribution in [-0.2, 0) is 4.74 Å². The molecule has 0 aromatic rings. The van der Waals surface area contributed by atoms with Gasteiger partial charge in [0.25, 0.3) is 0 Å². The first-order valence-corrected chi connectivity index (χ1v) is 4.42. The Morgan fingerprint density at radius 3 is 2.82 bits per heavy atom. The predicted molar refractivity (Wildman–Crippen MR) is 44.2 cm³/mol. The van der Waals surface area contributed by atoms with Crippen LogP contribution < -0.4 is 0 Å². The van der Waals surface area contributed by atoms with Crippen LogP contribution in [0.4, 0.5) is 0 Å². The normalized spacial score (nSPS) is 22.6. The Morgan fingerprint density at radius 1 is 1.64 bits per heavy atom. The maximum absolute atomic E-state index is 8.94. The molecule has 2 heteroatoms. The molecule has 0 saturated carbocycles. The van der Waals surface area contributed by atoms with E-state index in [1.54, 1.807) is 0 Å². The standard InChI is InChI=1S/C9H17O2/c1-2-3-4-8(6-10)5-9-7-11-9/h9-10H,2-7H2,1H3. The minimum Gasteiger partial charge on any atom is -0.396 e. The van der Waals surface area contributed by atoms with Crippen LogP contribution in [0.25, 0.3) is 0 Å². The van der Waals surface area contributed by atoms with Crippen LogP contribution in [0.3, 0.4) is 0 Å². The molecular weight excluding hydrogens is 140 g/mol. The van der Waals surface area contributed by atoms with Crippen LogP contribution in [-0.4, -0.2) is 24.4 Å². The van der Waals surface area contributed by atoms with Gasteiger partial charge in [-0.3, -0.25) is 0 Å². The van der Waals surface area contributed by atoms with E-state index >= 15 is 0 Å². The summed E-state index contributed by atoms with van der Waals surface area (Å²) >= 11 is 0. The SMILES string of the molecule is CCCC[C](CO)CC1CO1. The monoisotopic (exact) mass is 157 g/mol. The van der Waals surface area contributed by atoms with Crippen LogP contribution >= 0.6 is 0 Å². The molecule has 11 heavy (non-hydrogen) atoms. The molecule has 65 valence electrons. The van der Waals surface area contributed by atoms with Gasteiger partial charge in [0.15, 0.2) is 0 Å². The fourth-order valence-corrected chi connectivity index (χ4v) is 1.18. The van der Waals surface area contributed by atoms with Crippen LogP contribution in [0.1, 0.15) is 32.6 Å². The Bertz CT molecular complexity index is 99.7. The fourth-order valence-electron chi connectivity index (χ4n) is 1.18. The van der Waals surface area contributed by atoms with Crippen molar-refractivity contribution in [2.24, 2.45) is 0 Å². The highest BCUT2D eigenvalue weighted by molar-refractivity contribution is 4.94. The zero-order valence-electron chi connectivity index (χ0n) is 7.18. The van der Waals surface area contributed by atoms with Crippen molar-refractivity contribution in [2.45, 2.75) is 38.7 Å². The third kappa shape index (κ3) is 3.73. The van der Waals surface area contributed by atoms with Crippen LogP contribution in [0.5, 0.6) is 0 Å². The first kappa shape index (κ1) is 9.01. The van der Waals surface area contributed by atoms with Crippen molar-refractivity contribution in [2.75, 3.05) is 13.2 Å². The molecule has 0 aromatic carbocycles. The summed E-state index contributed by atoms with van der Waals surface area (Å²) in [6.07, 6.45) is 4.90. The van der Waals surface area contributed by atoms with Crippen LogP contribution in [0, 0.1) is 5.92 Å². The molecule has 2 nitrogen and oxygen atoms in total. The maximum atomic E-state index is 8.94. The highest BCUT2D eigenvalue weighted by Gasteiger charge is 2.26. The summed E-state index contributed by atoms with van der Waals surface area (Å²) in [4.78, 5) is 0. The van der Waals surface area contributed by atoms with Crippen molar-refractivity contribution in [1.82, 2.24) is 0 Å². The van der Waals surface area contributed by atoms with Gasteiger partial charge >= 0.3 is 0 Å². The molecule has 1 heterocycles. The highest BCUT2D eigenvalue weighted by Crippen LogP contribution is 2.24. The molecule has 1 unspecified atom stereocenters. The van der Waals surface area contributed by atoms with Crippen molar-refractivity contribution in [3.63, 3.8) is 0 Å². The summed E-state index contributed by atoms with van der Waals surface area (Å²) in [6.45, 7) is 3.32. The van der Waals surface area contributed by atoms with E-state index in [2.05, 4.69) is 6.92 Å². The zero-order valence-corrected chi connectivity index (χ0v) is 7.18. The number of hydrogen-bond donors (Lipinski definition) is 1. The number of hydrogen-bond acceptors (Lipinski definition) is 2. The molecule has 1 saturated heterocycles. The molecule has 1 radical (unpaired) electrons. The van der Waals surface area contributed by atoms with E-state index in [9.17, 15) is 0 Å². The van der Waals surface area contributed by atoms with E-state index in [0.29, 0.717) is 6.10 Å². The van der Waals surface area contributed by atoms with Gasteiger partial charge in [-0.25, -0.2) is 0 Å². The molecule has 0 spiro atoms. The number of unbranched alkanes of at least 4 members (excludes halogenated alkanes) is 1. The molecule has 0 aliphatic carbocycles. The molecule has 0 bridgehead atoms. The van der Waals surface area contributed by atoms with Crippen molar-refractivity contribution in [1.29, 1.82) is 0 Å². The van der Waals surface area contributed by atoms with E-state index in [0.717, 1.165) is 19.4 Å². The van der Waals surface area contributed by atoms with Crippen LogP contribution in [0.2, 0.25) is 0 Å². The van der Waals surface area contributed by atoms with Gasteiger partial charge in [0.2, 0.25) is 0 Å². The first-order chi connectivity index (χ1) is 5.36. The summed E-state index contributed by atoms with van der Waals surface area (Å²) in [5.41, 5.74) is 0. The van der Waals surface area contributed by atoms with Crippen molar-refractivity contribution < 1.29 is 9.84 Å². The molecule has 1 N–H and O–H groups in total. The van der Waals surface area contributed by atoms with Gasteiger partial charge in [-0.2, -0.15) is 0 Å². The lowest BCUT2D eigenvalue weighted by Gasteiger charge is -2.10. The second-order valence-electron chi connectivity index (χ2n) is 3.17. The van der Waals surface area contributed by atoms with Gasteiger partial charge in [0, 0.05) is 12.5 Å². The number of rotatable bonds is 6. The lowest BCUT2D eigenvalue weighted by molar-refractivity contribution is 0.283. The third-order valence-electron chi connectivity index (χ3n) is 2.03. The van der Waals surface area contributed by atoms with Gasteiger partial charge in [-0.15, -0.1) is 0 Å².